The Morgan fingerprint density at radius 2 is 2.18 bits per heavy atom. The number of nitrogens with one attached hydrogen (secondary N) is 2. The number of nitro groups is 1. The first-order chi connectivity index (χ1) is 10.7. The summed E-state index contributed by atoms with van der Waals surface area (Å²) in [6.45, 7) is 0.155. The molecule has 0 fully saturated rings. The van der Waals surface area contributed by atoms with E-state index >= 15 is 0 Å². The number of aromatic amines is 1. The van der Waals surface area contributed by atoms with Gasteiger partial charge in [0.05, 0.1) is 6.54 Å². The van der Waals surface area contributed by atoms with E-state index in [0.29, 0.717) is 0 Å². The quantitative estimate of drug-likeness (QED) is 0.506. The Bertz CT molecular complexity index is 715. The van der Waals surface area contributed by atoms with Crippen LogP contribution in [-0.2, 0) is 11.3 Å². The largest absolute Gasteiger partial charge is 0.445 e. The number of hydrogen-bond acceptors (Lipinski definition) is 5. The van der Waals surface area contributed by atoms with Gasteiger partial charge >= 0.3 is 11.9 Å². The van der Waals surface area contributed by atoms with E-state index in [1.807, 2.05) is 30.3 Å². The van der Waals surface area contributed by atoms with Crippen molar-refractivity contribution in [2.24, 2.45) is 0 Å². The van der Waals surface area contributed by atoms with Crippen LogP contribution in [0.4, 0.5) is 10.6 Å². The van der Waals surface area contributed by atoms with Gasteiger partial charge in [0.1, 0.15) is 6.61 Å². The number of imidazole rings is 1. The van der Waals surface area contributed by atoms with Crippen molar-refractivity contribution in [3.05, 3.63) is 58.0 Å². The molecule has 0 unspecified atom stereocenters. The van der Waals surface area contributed by atoms with Crippen molar-refractivity contribution in [3.63, 3.8) is 0 Å². The Labute approximate surface area is 125 Å². The van der Waals surface area contributed by atoms with Crippen molar-refractivity contribution in [1.29, 1.82) is 0 Å². The monoisotopic (exact) mass is 300 g/mol. The van der Waals surface area contributed by atoms with Crippen molar-refractivity contribution in [1.82, 2.24) is 15.3 Å². The van der Waals surface area contributed by atoms with Gasteiger partial charge < -0.3 is 20.2 Å². The third-order valence-corrected chi connectivity index (χ3v) is 2.54. The summed E-state index contributed by atoms with van der Waals surface area (Å²) in [7, 11) is 0. The minimum Gasteiger partial charge on any atom is -0.445 e. The Kier molecular flexibility index (Phi) is 5.09. The first-order valence-corrected chi connectivity index (χ1v) is 6.28. The molecule has 0 saturated carbocycles. The summed E-state index contributed by atoms with van der Waals surface area (Å²) < 4.78 is 4.98. The minimum absolute atomic E-state index is 0.00234. The van der Waals surface area contributed by atoms with Crippen LogP contribution in [0.5, 0.6) is 0 Å². The Hall–Kier alpha value is -3.34. The van der Waals surface area contributed by atoms with Crippen LogP contribution in [0.25, 0.3) is 0 Å². The van der Waals surface area contributed by atoms with Crippen molar-refractivity contribution in [2.75, 3.05) is 6.54 Å². The summed E-state index contributed by atoms with van der Waals surface area (Å²) in [6.07, 6.45) is 0.568. The van der Waals surface area contributed by atoms with E-state index in [-0.39, 0.29) is 24.7 Å². The SMILES string of the molecule is O=C(NCC#Cc1nc[nH]c1[N+](=O)[O-])OCc1ccccc1. The number of carbonyl (C=O) groups excluding carboxylic acids is 1. The zero-order valence-corrected chi connectivity index (χ0v) is 11.4. The van der Waals surface area contributed by atoms with E-state index in [9.17, 15) is 14.9 Å². The molecule has 1 aromatic carbocycles. The van der Waals surface area contributed by atoms with Gasteiger partial charge in [0.25, 0.3) is 0 Å². The highest BCUT2D eigenvalue weighted by Crippen LogP contribution is 2.09. The van der Waals surface area contributed by atoms with Gasteiger partial charge in [-0.1, -0.05) is 36.3 Å². The molecule has 1 aromatic heterocycles. The molecule has 2 rings (SSSR count). The maximum Gasteiger partial charge on any atom is 0.408 e. The molecule has 0 aliphatic carbocycles. The lowest BCUT2D eigenvalue weighted by Gasteiger charge is -2.04. The molecular weight excluding hydrogens is 288 g/mol. The highest BCUT2D eigenvalue weighted by molar-refractivity contribution is 5.67. The molecule has 1 heterocycles. The minimum atomic E-state index is -0.616. The fourth-order valence-electron chi connectivity index (χ4n) is 1.54. The molecule has 0 spiro atoms. The van der Waals surface area contributed by atoms with Gasteiger partial charge in [-0.05, 0) is 16.4 Å². The Morgan fingerprint density at radius 1 is 1.41 bits per heavy atom. The lowest BCUT2D eigenvalue weighted by molar-refractivity contribution is -0.389. The number of hydrogen-bond donors (Lipinski definition) is 2. The number of aromatic nitrogens is 2. The second kappa shape index (κ2) is 7.44. The molecule has 2 N–H and O–H groups in total. The molecular formula is C14H12N4O4. The fraction of sp³-hybridized carbons (Fsp3) is 0.143. The first kappa shape index (κ1) is 15.1. The molecule has 0 bridgehead atoms. The van der Waals surface area contributed by atoms with Gasteiger partial charge in [-0.2, -0.15) is 4.98 Å². The standard InChI is InChI=1S/C14H12N4O4/c19-14(22-9-11-5-2-1-3-6-11)15-8-4-7-12-13(18(20)21)17-10-16-12/h1-3,5-6,10H,8-9H2,(H,15,19)(H,16,17). The summed E-state index contributed by atoms with van der Waals surface area (Å²) in [6, 6.07) is 9.23. The van der Waals surface area contributed by atoms with E-state index < -0.39 is 11.0 Å². The average Bonchev–Trinajstić information content (AvgIpc) is 2.99. The lowest BCUT2D eigenvalue weighted by atomic mass is 10.2. The highest BCUT2D eigenvalue weighted by atomic mass is 16.6. The van der Waals surface area contributed by atoms with Crippen LogP contribution < -0.4 is 5.32 Å². The van der Waals surface area contributed by atoms with E-state index in [2.05, 4.69) is 27.1 Å². The number of benzene rings is 1. The lowest BCUT2D eigenvalue weighted by Crippen LogP contribution is -2.24. The van der Waals surface area contributed by atoms with Crippen LogP contribution in [0.15, 0.2) is 36.7 Å². The molecule has 0 atom stereocenters. The van der Waals surface area contributed by atoms with E-state index in [0.717, 1.165) is 5.56 Å². The molecule has 1 amide bonds. The third-order valence-electron chi connectivity index (χ3n) is 2.54. The molecule has 8 nitrogen and oxygen atoms in total. The smallest absolute Gasteiger partial charge is 0.408 e. The molecule has 0 aliphatic rings. The van der Waals surface area contributed by atoms with Gasteiger partial charge in [0.15, 0.2) is 6.33 Å². The first-order valence-electron chi connectivity index (χ1n) is 6.28. The molecule has 2 aromatic rings. The van der Waals surface area contributed by atoms with E-state index in [1.54, 1.807) is 0 Å². The normalized spacial score (nSPS) is 9.45. The number of rotatable bonds is 4. The van der Waals surface area contributed by atoms with Crippen LogP contribution in [0, 0.1) is 22.0 Å². The molecule has 0 radical (unpaired) electrons. The second-order valence-electron chi connectivity index (χ2n) is 4.07. The van der Waals surface area contributed by atoms with Gasteiger partial charge in [-0.3, -0.25) is 0 Å². The van der Waals surface area contributed by atoms with Crippen molar-refractivity contribution < 1.29 is 14.5 Å². The molecule has 112 valence electrons. The Balaban J connectivity index is 1.77. The summed E-state index contributed by atoms with van der Waals surface area (Å²) in [5, 5.41) is 13.0. The molecule has 0 saturated heterocycles. The van der Waals surface area contributed by atoms with Gasteiger partial charge in [-0.25, -0.2) is 9.78 Å². The molecule has 0 aliphatic heterocycles. The number of alkyl carbamates (subject to hydrolysis) is 1. The van der Waals surface area contributed by atoms with Crippen LogP contribution in [0.2, 0.25) is 0 Å². The molecule has 8 heteroatoms. The van der Waals surface area contributed by atoms with Crippen LogP contribution in [0.3, 0.4) is 0 Å². The maximum absolute atomic E-state index is 11.4. The summed E-state index contributed by atoms with van der Waals surface area (Å²) in [5.41, 5.74) is 0.889. The number of H-pyrrole nitrogens is 1. The maximum atomic E-state index is 11.4. The zero-order valence-electron chi connectivity index (χ0n) is 11.4. The van der Waals surface area contributed by atoms with Crippen LogP contribution >= 0.6 is 0 Å². The van der Waals surface area contributed by atoms with Gasteiger partial charge in [-0.15, -0.1) is 0 Å². The van der Waals surface area contributed by atoms with Crippen molar-refractivity contribution >= 4 is 11.9 Å². The fourth-order valence-corrected chi connectivity index (χ4v) is 1.54. The second-order valence-corrected chi connectivity index (χ2v) is 4.07. The third kappa shape index (κ3) is 4.35. The van der Waals surface area contributed by atoms with Gasteiger partial charge in [0, 0.05) is 0 Å². The summed E-state index contributed by atoms with van der Waals surface area (Å²) in [4.78, 5) is 27.5. The summed E-state index contributed by atoms with van der Waals surface area (Å²) >= 11 is 0. The van der Waals surface area contributed by atoms with E-state index in [4.69, 9.17) is 4.74 Å². The predicted molar refractivity (Wildman–Crippen MR) is 76.7 cm³/mol. The summed E-state index contributed by atoms with van der Waals surface area (Å²) in [5.74, 6) is 4.78. The predicted octanol–water partition coefficient (Wildman–Crippen LogP) is 1.60. The number of carbonyl (C=O) groups is 1. The van der Waals surface area contributed by atoms with Crippen LogP contribution in [-0.4, -0.2) is 27.5 Å². The van der Waals surface area contributed by atoms with E-state index in [1.165, 1.54) is 6.33 Å². The average molecular weight is 300 g/mol. The van der Waals surface area contributed by atoms with Gasteiger partial charge in [0.2, 0.25) is 5.69 Å². The zero-order chi connectivity index (χ0) is 15.8. The number of amides is 1. The molecule has 22 heavy (non-hydrogen) atoms. The topological polar surface area (TPSA) is 110 Å². The number of nitrogens with zero attached hydrogens (tertiary/aromatic N) is 2. The number of ether oxygens (including phenoxy) is 1. The van der Waals surface area contributed by atoms with Crippen molar-refractivity contribution in [3.8, 4) is 11.8 Å². The highest BCUT2D eigenvalue weighted by Gasteiger charge is 2.12. The van der Waals surface area contributed by atoms with Crippen LogP contribution in [0.1, 0.15) is 11.3 Å². The van der Waals surface area contributed by atoms with Crippen molar-refractivity contribution in [2.45, 2.75) is 6.61 Å². The Morgan fingerprint density at radius 3 is 2.91 bits per heavy atom.